The van der Waals surface area contributed by atoms with E-state index in [9.17, 15) is 8.42 Å². The Morgan fingerprint density at radius 2 is 2.06 bits per heavy atom. The van der Waals surface area contributed by atoms with Crippen LogP contribution < -0.4 is 5.32 Å². The van der Waals surface area contributed by atoms with Crippen molar-refractivity contribution >= 4 is 9.84 Å². The van der Waals surface area contributed by atoms with Crippen molar-refractivity contribution in [3.8, 4) is 0 Å². The molecule has 1 saturated heterocycles. The SMILES string of the molecule is CC(C)N(CCS(C)(=O)=O)CC1CCCCN1. The van der Waals surface area contributed by atoms with Gasteiger partial charge in [0.2, 0.25) is 0 Å². The Labute approximate surface area is 106 Å². The Morgan fingerprint density at radius 3 is 2.53 bits per heavy atom. The molecule has 1 aliphatic heterocycles. The van der Waals surface area contributed by atoms with E-state index < -0.39 is 9.84 Å². The van der Waals surface area contributed by atoms with Gasteiger partial charge in [-0.25, -0.2) is 8.42 Å². The number of rotatable bonds is 6. The smallest absolute Gasteiger partial charge is 0.148 e. The second-order valence-corrected chi connectivity index (χ2v) is 7.63. The van der Waals surface area contributed by atoms with Crippen LogP contribution in [0, 0.1) is 0 Å². The molecular weight excluding hydrogens is 236 g/mol. The molecule has 0 aliphatic carbocycles. The molecule has 1 aliphatic rings. The summed E-state index contributed by atoms with van der Waals surface area (Å²) in [5.41, 5.74) is 0. The zero-order valence-electron chi connectivity index (χ0n) is 11.3. The maximum atomic E-state index is 11.2. The van der Waals surface area contributed by atoms with Gasteiger partial charge in [0.1, 0.15) is 9.84 Å². The van der Waals surface area contributed by atoms with Gasteiger partial charge in [-0.3, -0.25) is 4.90 Å². The predicted molar refractivity (Wildman–Crippen MR) is 72.1 cm³/mol. The molecule has 0 aromatic rings. The third-order valence-electron chi connectivity index (χ3n) is 3.35. The van der Waals surface area contributed by atoms with Crippen LogP contribution in [-0.2, 0) is 9.84 Å². The van der Waals surface area contributed by atoms with Crippen molar-refractivity contribution < 1.29 is 8.42 Å². The summed E-state index contributed by atoms with van der Waals surface area (Å²) in [7, 11) is -2.86. The van der Waals surface area contributed by atoms with Gasteiger partial charge in [0.05, 0.1) is 5.75 Å². The molecule has 1 atom stereocenters. The number of hydrogen-bond acceptors (Lipinski definition) is 4. The van der Waals surface area contributed by atoms with E-state index in [0.717, 1.165) is 13.1 Å². The molecule has 0 aromatic heterocycles. The van der Waals surface area contributed by atoms with Crippen molar-refractivity contribution in [3.05, 3.63) is 0 Å². The normalized spacial score (nSPS) is 22.3. The Hall–Kier alpha value is -0.130. The molecule has 0 amide bonds. The van der Waals surface area contributed by atoms with Crippen molar-refractivity contribution in [2.75, 3.05) is 31.6 Å². The van der Waals surface area contributed by atoms with Gasteiger partial charge in [-0.2, -0.15) is 0 Å². The van der Waals surface area contributed by atoms with Crippen LogP contribution in [0.2, 0.25) is 0 Å². The first-order chi connectivity index (χ1) is 7.88. The maximum Gasteiger partial charge on any atom is 0.148 e. The standard InChI is InChI=1S/C12H26N2O2S/c1-11(2)14(8-9-17(3,15)16)10-12-6-4-5-7-13-12/h11-13H,4-10H2,1-3H3. The Balaban J connectivity index is 2.42. The molecule has 4 nitrogen and oxygen atoms in total. The summed E-state index contributed by atoms with van der Waals surface area (Å²) in [6.07, 6.45) is 5.07. The summed E-state index contributed by atoms with van der Waals surface area (Å²) >= 11 is 0. The largest absolute Gasteiger partial charge is 0.313 e. The van der Waals surface area contributed by atoms with Crippen molar-refractivity contribution in [2.24, 2.45) is 0 Å². The zero-order chi connectivity index (χ0) is 12.9. The van der Waals surface area contributed by atoms with E-state index in [1.54, 1.807) is 0 Å². The Morgan fingerprint density at radius 1 is 1.35 bits per heavy atom. The van der Waals surface area contributed by atoms with E-state index in [2.05, 4.69) is 24.1 Å². The predicted octanol–water partition coefficient (Wildman–Crippen LogP) is 0.884. The quantitative estimate of drug-likeness (QED) is 0.772. The van der Waals surface area contributed by atoms with Gasteiger partial charge in [-0.1, -0.05) is 6.42 Å². The average molecular weight is 262 g/mol. The highest BCUT2D eigenvalue weighted by molar-refractivity contribution is 7.90. The molecular formula is C12H26N2O2S. The van der Waals surface area contributed by atoms with E-state index in [-0.39, 0.29) is 5.75 Å². The minimum atomic E-state index is -2.86. The lowest BCUT2D eigenvalue weighted by Gasteiger charge is -2.32. The van der Waals surface area contributed by atoms with Crippen LogP contribution in [0.1, 0.15) is 33.1 Å². The van der Waals surface area contributed by atoms with Crippen LogP contribution in [0.15, 0.2) is 0 Å². The van der Waals surface area contributed by atoms with Crippen molar-refractivity contribution in [3.63, 3.8) is 0 Å². The number of hydrogen-bond donors (Lipinski definition) is 1. The van der Waals surface area contributed by atoms with Crippen LogP contribution in [0.4, 0.5) is 0 Å². The fraction of sp³-hybridized carbons (Fsp3) is 1.00. The second-order valence-electron chi connectivity index (χ2n) is 5.37. The molecule has 1 N–H and O–H groups in total. The van der Waals surface area contributed by atoms with Crippen LogP contribution in [-0.4, -0.2) is 57.0 Å². The molecule has 17 heavy (non-hydrogen) atoms. The first kappa shape index (κ1) is 14.9. The lowest BCUT2D eigenvalue weighted by Crippen LogP contribution is -2.47. The van der Waals surface area contributed by atoms with Gasteiger partial charge in [-0.05, 0) is 33.2 Å². The maximum absolute atomic E-state index is 11.2. The summed E-state index contributed by atoms with van der Waals surface area (Å²) in [5, 5.41) is 3.51. The van der Waals surface area contributed by atoms with Gasteiger partial charge >= 0.3 is 0 Å². The Kier molecular flexibility index (Phi) is 5.89. The summed E-state index contributed by atoms with van der Waals surface area (Å²) < 4.78 is 22.4. The molecule has 0 bridgehead atoms. The summed E-state index contributed by atoms with van der Waals surface area (Å²) in [6, 6.07) is 0.936. The van der Waals surface area contributed by atoms with E-state index in [4.69, 9.17) is 0 Å². The highest BCUT2D eigenvalue weighted by Gasteiger charge is 2.19. The molecule has 1 rings (SSSR count). The lowest BCUT2D eigenvalue weighted by molar-refractivity contribution is 0.195. The average Bonchev–Trinajstić information content (AvgIpc) is 2.24. The lowest BCUT2D eigenvalue weighted by atomic mass is 10.0. The summed E-state index contributed by atoms with van der Waals surface area (Å²) in [6.45, 7) is 6.97. The molecule has 1 fully saturated rings. The molecule has 0 spiro atoms. The van der Waals surface area contributed by atoms with Crippen molar-refractivity contribution in [2.45, 2.75) is 45.2 Å². The van der Waals surface area contributed by atoms with Crippen LogP contribution in [0.3, 0.4) is 0 Å². The zero-order valence-corrected chi connectivity index (χ0v) is 12.1. The van der Waals surface area contributed by atoms with Gasteiger partial charge in [-0.15, -0.1) is 0 Å². The molecule has 5 heteroatoms. The van der Waals surface area contributed by atoms with Gasteiger partial charge < -0.3 is 5.32 Å². The van der Waals surface area contributed by atoms with E-state index in [1.807, 2.05) is 0 Å². The molecule has 0 radical (unpaired) electrons. The monoisotopic (exact) mass is 262 g/mol. The van der Waals surface area contributed by atoms with Crippen LogP contribution >= 0.6 is 0 Å². The number of nitrogens with zero attached hydrogens (tertiary/aromatic N) is 1. The first-order valence-electron chi connectivity index (χ1n) is 6.53. The molecule has 1 heterocycles. The molecule has 102 valence electrons. The van der Waals surface area contributed by atoms with Crippen molar-refractivity contribution in [1.82, 2.24) is 10.2 Å². The summed E-state index contributed by atoms with van der Waals surface area (Å²) in [5.74, 6) is 0.262. The van der Waals surface area contributed by atoms with Crippen LogP contribution in [0.5, 0.6) is 0 Å². The molecule has 0 aromatic carbocycles. The third-order valence-corrected chi connectivity index (χ3v) is 4.27. The van der Waals surface area contributed by atoms with E-state index in [1.165, 1.54) is 25.5 Å². The highest BCUT2D eigenvalue weighted by Crippen LogP contribution is 2.10. The van der Waals surface area contributed by atoms with E-state index in [0.29, 0.717) is 18.6 Å². The summed E-state index contributed by atoms with van der Waals surface area (Å²) in [4.78, 5) is 2.27. The highest BCUT2D eigenvalue weighted by atomic mass is 32.2. The fourth-order valence-corrected chi connectivity index (χ4v) is 2.77. The Bertz CT molecular complexity index is 308. The van der Waals surface area contributed by atoms with Gasteiger partial charge in [0, 0.05) is 31.4 Å². The van der Waals surface area contributed by atoms with E-state index >= 15 is 0 Å². The number of nitrogens with one attached hydrogen (secondary N) is 1. The fourth-order valence-electron chi connectivity index (χ4n) is 2.21. The van der Waals surface area contributed by atoms with Gasteiger partial charge in [0.15, 0.2) is 0 Å². The minimum Gasteiger partial charge on any atom is -0.313 e. The molecule has 0 saturated carbocycles. The van der Waals surface area contributed by atoms with Gasteiger partial charge in [0.25, 0.3) is 0 Å². The third kappa shape index (κ3) is 6.38. The first-order valence-corrected chi connectivity index (χ1v) is 8.59. The molecule has 1 unspecified atom stereocenters. The van der Waals surface area contributed by atoms with Crippen LogP contribution in [0.25, 0.3) is 0 Å². The topological polar surface area (TPSA) is 49.4 Å². The second kappa shape index (κ2) is 6.71. The van der Waals surface area contributed by atoms with Crippen molar-refractivity contribution in [1.29, 1.82) is 0 Å². The minimum absolute atomic E-state index is 0.262. The number of sulfone groups is 1. The number of piperidine rings is 1.